The van der Waals surface area contributed by atoms with E-state index in [0.29, 0.717) is 17.7 Å². The van der Waals surface area contributed by atoms with Crippen molar-refractivity contribution in [2.45, 2.75) is 37.3 Å². The number of hydrogen-bond donors (Lipinski definition) is 1. The largest absolute Gasteiger partial charge is 0.359 e. The van der Waals surface area contributed by atoms with Crippen LogP contribution in [0.5, 0.6) is 0 Å². The summed E-state index contributed by atoms with van der Waals surface area (Å²) in [6, 6.07) is 0.391. The molecule has 0 saturated heterocycles. The van der Waals surface area contributed by atoms with Gasteiger partial charge in [0.15, 0.2) is 5.82 Å². The SMILES string of the molecule is O=c1c(NC2(CCl)CC2)nccn1C1CC1. The van der Waals surface area contributed by atoms with Crippen LogP contribution in [0.1, 0.15) is 31.7 Å². The number of aromatic nitrogens is 2. The van der Waals surface area contributed by atoms with E-state index in [1.54, 1.807) is 17.0 Å². The molecule has 86 valence electrons. The molecule has 0 spiro atoms. The van der Waals surface area contributed by atoms with E-state index in [2.05, 4.69) is 10.3 Å². The first kappa shape index (κ1) is 10.1. The average Bonchev–Trinajstić information content (AvgIpc) is 3.14. The maximum absolute atomic E-state index is 12.1. The van der Waals surface area contributed by atoms with E-state index in [9.17, 15) is 4.79 Å². The minimum Gasteiger partial charge on any atom is -0.359 e. The summed E-state index contributed by atoms with van der Waals surface area (Å²) in [6.07, 6.45) is 7.71. The zero-order valence-corrected chi connectivity index (χ0v) is 9.70. The molecule has 0 radical (unpaired) electrons. The monoisotopic (exact) mass is 239 g/mol. The van der Waals surface area contributed by atoms with Crippen LogP contribution >= 0.6 is 11.6 Å². The van der Waals surface area contributed by atoms with Gasteiger partial charge < -0.3 is 9.88 Å². The molecule has 2 aliphatic carbocycles. The zero-order valence-electron chi connectivity index (χ0n) is 8.95. The lowest BCUT2D eigenvalue weighted by Gasteiger charge is -2.14. The Balaban J connectivity index is 1.89. The summed E-state index contributed by atoms with van der Waals surface area (Å²) in [4.78, 5) is 16.2. The molecule has 1 aromatic heterocycles. The van der Waals surface area contributed by atoms with Crippen molar-refractivity contribution in [3.05, 3.63) is 22.7 Å². The first-order valence-corrected chi connectivity index (χ1v) is 6.19. The normalized spacial score (nSPS) is 21.8. The van der Waals surface area contributed by atoms with Crippen molar-refractivity contribution in [2.24, 2.45) is 0 Å². The second-order valence-electron chi connectivity index (χ2n) is 4.76. The summed E-state index contributed by atoms with van der Waals surface area (Å²) in [5, 5.41) is 3.19. The van der Waals surface area contributed by atoms with Crippen molar-refractivity contribution in [2.75, 3.05) is 11.2 Å². The van der Waals surface area contributed by atoms with Crippen LogP contribution < -0.4 is 10.9 Å². The molecule has 16 heavy (non-hydrogen) atoms. The van der Waals surface area contributed by atoms with Gasteiger partial charge in [0.1, 0.15) is 0 Å². The second-order valence-corrected chi connectivity index (χ2v) is 5.03. The lowest BCUT2D eigenvalue weighted by atomic mass is 10.3. The van der Waals surface area contributed by atoms with Crippen LogP contribution in [-0.2, 0) is 0 Å². The van der Waals surface area contributed by atoms with Gasteiger partial charge in [-0.2, -0.15) is 0 Å². The van der Waals surface area contributed by atoms with Gasteiger partial charge in [0, 0.05) is 24.3 Å². The summed E-state index contributed by atoms with van der Waals surface area (Å²) in [5.41, 5.74) is -0.0856. The molecule has 5 heteroatoms. The highest BCUT2D eigenvalue weighted by Gasteiger charge is 2.42. The number of hydrogen-bond acceptors (Lipinski definition) is 3. The Morgan fingerprint density at radius 2 is 2.31 bits per heavy atom. The molecule has 4 nitrogen and oxygen atoms in total. The van der Waals surface area contributed by atoms with E-state index in [-0.39, 0.29) is 11.1 Å². The Labute approximate surface area is 98.6 Å². The maximum atomic E-state index is 12.1. The number of anilines is 1. The van der Waals surface area contributed by atoms with Crippen molar-refractivity contribution >= 4 is 17.4 Å². The van der Waals surface area contributed by atoms with Gasteiger partial charge in [-0.15, -0.1) is 11.6 Å². The molecule has 0 aromatic carbocycles. The minimum absolute atomic E-state index is 0.0126. The van der Waals surface area contributed by atoms with E-state index >= 15 is 0 Å². The maximum Gasteiger partial charge on any atom is 0.293 e. The van der Waals surface area contributed by atoms with Crippen LogP contribution in [0, 0.1) is 0 Å². The third-order valence-corrected chi connectivity index (χ3v) is 3.81. The fraction of sp³-hybridized carbons (Fsp3) is 0.636. The molecule has 0 bridgehead atoms. The molecular weight excluding hydrogens is 226 g/mol. The Morgan fingerprint density at radius 1 is 1.56 bits per heavy atom. The number of halogens is 1. The zero-order chi connectivity index (χ0) is 11.2. The Morgan fingerprint density at radius 3 is 2.88 bits per heavy atom. The first-order valence-electron chi connectivity index (χ1n) is 5.65. The molecule has 1 aromatic rings. The molecule has 0 unspecified atom stereocenters. The Kier molecular flexibility index (Phi) is 2.21. The van der Waals surface area contributed by atoms with Gasteiger partial charge in [-0.05, 0) is 25.7 Å². The minimum atomic E-state index is -0.0730. The predicted octanol–water partition coefficient (Wildman–Crippen LogP) is 1.76. The molecule has 2 fully saturated rings. The van der Waals surface area contributed by atoms with Gasteiger partial charge in [0.2, 0.25) is 0 Å². The molecule has 3 rings (SSSR count). The summed E-state index contributed by atoms with van der Waals surface area (Å²) in [7, 11) is 0. The van der Waals surface area contributed by atoms with Gasteiger partial charge in [-0.1, -0.05) is 0 Å². The Bertz CT molecular complexity index is 463. The quantitative estimate of drug-likeness (QED) is 0.815. The first-order chi connectivity index (χ1) is 7.74. The third-order valence-electron chi connectivity index (χ3n) is 3.30. The fourth-order valence-corrected chi connectivity index (χ4v) is 2.18. The summed E-state index contributed by atoms with van der Waals surface area (Å²) in [6.45, 7) is 0. The Hall–Kier alpha value is -1.03. The standard InChI is InChI=1S/C11H14ClN3O/c12-7-11(3-4-11)14-9-10(16)15(6-5-13-9)8-1-2-8/h5-6,8H,1-4,7H2,(H,13,14). The van der Waals surface area contributed by atoms with Gasteiger partial charge in [-0.3, -0.25) is 4.79 Å². The summed E-state index contributed by atoms with van der Waals surface area (Å²) in [5.74, 6) is 0.986. The number of alkyl halides is 1. The summed E-state index contributed by atoms with van der Waals surface area (Å²) >= 11 is 5.87. The molecule has 0 aliphatic heterocycles. The number of nitrogens with zero attached hydrogens (tertiary/aromatic N) is 2. The molecule has 0 atom stereocenters. The van der Waals surface area contributed by atoms with Crippen LogP contribution in [0.3, 0.4) is 0 Å². The smallest absolute Gasteiger partial charge is 0.293 e. The van der Waals surface area contributed by atoms with Crippen LogP contribution in [0.15, 0.2) is 17.2 Å². The van der Waals surface area contributed by atoms with Crippen LogP contribution in [-0.4, -0.2) is 21.0 Å². The number of nitrogens with one attached hydrogen (secondary N) is 1. The lowest BCUT2D eigenvalue weighted by Crippen LogP contribution is -2.31. The number of rotatable bonds is 4. The fourth-order valence-electron chi connectivity index (χ4n) is 1.84. The van der Waals surface area contributed by atoms with Crippen molar-refractivity contribution in [1.82, 2.24) is 9.55 Å². The van der Waals surface area contributed by atoms with E-state index in [0.717, 1.165) is 25.7 Å². The highest BCUT2D eigenvalue weighted by molar-refractivity contribution is 6.19. The molecule has 2 saturated carbocycles. The van der Waals surface area contributed by atoms with E-state index in [4.69, 9.17) is 11.6 Å². The van der Waals surface area contributed by atoms with Gasteiger partial charge in [0.25, 0.3) is 5.56 Å². The molecule has 1 heterocycles. The van der Waals surface area contributed by atoms with Crippen LogP contribution in [0.2, 0.25) is 0 Å². The average molecular weight is 240 g/mol. The van der Waals surface area contributed by atoms with Crippen molar-refractivity contribution in [1.29, 1.82) is 0 Å². The highest BCUT2D eigenvalue weighted by Crippen LogP contribution is 2.39. The second kappa shape index (κ2) is 3.48. The van der Waals surface area contributed by atoms with Gasteiger partial charge in [-0.25, -0.2) is 4.98 Å². The molecule has 1 N–H and O–H groups in total. The van der Waals surface area contributed by atoms with Crippen LogP contribution in [0.4, 0.5) is 5.82 Å². The van der Waals surface area contributed by atoms with E-state index in [1.807, 2.05) is 0 Å². The predicted molar refractivity (Wildman–Crippen MR) is 63.1 cm³/mol. The van der Waals surface area contributed by atoms with Crippen LogP contribution in [0.25, 0.3) is 0 Å². The third kappa shape index (κ3) is 1.71. The van der Waals surface area contributed by atoms with E-state index < -0.39 is 0 Å². The molecule has 0 amide bonds. The molecule has 2 aliphatic rings. The highest BCUT2D eigenvalue weighted by atomic mass is 35.5. The topological polar surface area (TPSA) is 46.9 Å². The van der Waals surface area contributed by atoms with Crippen molar-refractivity contribution in [3.8, 4) is 0 Å². The van der Waals surface area contributed by atoms with Crippen molar-refractivity contribution < 1.29 is 0 Å². The summed E-state index contributed by atoms with van der Waals surface area (Å²) < 4.78 is 1.78. The van der Waals surface area contributed by atoms with Crippen molar-refractivity contribution in [3.63, 3.8) is 0 Å². The van der Waals surface area contributed by atoms with Gasteiger partial charge in [0.05, 0.1) is 5.54 Å². The van der Waals surface area contributed by atoms with E-state index in [1.165, 1.54) is 0 Å². The lowest BCUT2D eigenvalue weighted by molar-refractivity contribution is 0.694. The molecular formula is C11H14ClN3O. The van der Waals surface area contributed by atoms with Gasteiger partial charge >= 0.3 is 0 Å².